The summed E-state index contributed by atoms with van der Waals surface area (Å²) in [6.45, 7) is 4.44. The van der Waals surface area contributed by atoms with E-state index in [9.17, 15) is 4.79 Å². The largest absolute Gasteiger partial charge is 0.323 e. The van der Waals surface area contributed by atoms with E-state index in [4.69, 9.17) is 11.6 Å². The van der Waals surface area contributed by atoms with Crippen LogP contribution in [0.4, 0.5) is 5.69 Å². The van der Waals surface area contributed by atoms with Crippen LogP contribution in [-0.4, -0.2) is 27.2 Å². The second-order valence-electron chi connectivity index (χ2n) is 6.56. The molecule has 7 heteroatoms. The number of benzene rings is 2. The van der Waals surface area contributed by atoms with E-state index in [1.807, 2.05) is 18.2 Å². The minimum absolute atomic E-state index is 0.0890. The summed E-state index contributed by atoms with van der Waals surface area (Å²) in [6.07, 6.45) is 3.01. The van der Waals surface area contributed by atoms with Crippen LogP contribution in [0.5, 0.6) is 0 Å². The van der Waals surface area contributed by atoms with Crippen molar-refractivity contribution >= 4 is 23.2 Å². The number of rotatable bonds is 7. The van der Waals surface area contributed by atoms with E-state index < -0.39 is 0 Å². The normalized spacial score (nSPS) is 12.1. The average molecular weight is 384 g/mol. The number of hydrogen-bond donors (Lipinski definition) is 2. The highest BCUT2D eigenvalue weighted by atomic mass is 35.5. The van der Waals surface area contributed by atoms with Crippen molar-refractivity contribution in [2.45, 2.75) is 19.9 Å². The first kappa shape index (κ1) is 19.1. The van der Waals surface area contributed by atoms with Gasteiger partial charge in [-0.2, -0.15) is 5.10 Å². The van der Waals surface area contributed by atoms with Crippen molar-refractivity contribution < 1.29 is 4.79 Å². The summed E-state index contributed by atoms with van der Waals surface area (Å²) in [5.74, 6) is 0.192. The van der Waals surface area contributed by atoms with Crippen molar-refractivity contribution in [2.24, 2.45) is 5.92 Å². The third kappa shape index (κ3) is 4.93. The molecule has 0 aliphatic carbocycles. The van der Waals surface area contributed by atoms with Gasteiger partial charge in [-0.1, -0.05) is 55.8 Å². The third-order valence-electron chi connectivity index (χ3n) is 4.21. The Morgan fingerprint density at radius 3 is 2.63 bits per heavy atom. The van der Waals surface area contributed by atoms with E-state index in [1.54, 1.807) is 29.2 Å². The van der Waals surface area contributed by atoms with E-state index in [0.717, 1.165) is 5.56 Å². The molecular weight excluding hydrogens is 362 g/mol. The molecule has 0 aliphatic rings. The van der Waals surface area contributed by atoms with Crippen LogP contribution in [0.1, 0.15) is 25.5 Å². The van der Waals surface area contributed by atoms with E-state index in [0.29, 0.717) is 22.3 Å². The number of halogens is 1. The molecule has 0 saturated carbocycles. The Labute approximate surface area is 163 Å². The Balaban J connectivity index is 1.70. The first-order chi connectivity index (χ1) is 13.0. The maximum Gasteiger partial charge on any atom is 0.238 e. The molecule has 0 unspecified atom stereocenters. The summed E-state index contributed by atoms with van der Waals surface area (Å²) >= 11 is 6.10. The Morgan fingerprint density at radius 1 is 1.19 bits per heavy atom. The van der Waals surface area contributed by atoms with Crippen LogP contribution >= 0.6 is 11.6 Å². The Morgan fingerprint density at radius 2 is 1.96 bits per heavy atom. The van der Waals surface area contributed by atoms with Gasteiger partial charge in [0.2, 0.25) is 5.91 Å². The minimum Gasteiger partial charge on any atom is -0.323 e. The fourth-order valence-corrected chi connectivity index (χ4v) is 3.11. The lowest BCUT2D eigenvalue weighted by Crippen LogP contribution is -2.33. The standard InChI is InChI=1S/C20H22ClN5O/c1-14(2)20(15-6-4-3-5-7-15)23-11-19(27)25-17-10-16(21)8-9-18(17)26-13-22-12-24-26/h3-10,12-14,20,23H,11H2,1-2H3,(H,25,27)/t20-/m1/s1. The molecule has 6 nitrogen and oxygen atoms in total. The lowest BCUT2D eigenvalue weighted by molar-refractivity contribution is -0.115. The van der Waals surface area contributed by atoms with Crippen LogP contribution < -0.4 is 10.6 Å². The van der Waals surface area contributed by atoms with Gasteiger partial charge in [-0.25, -0.2) is 9.67 Å². The molecule has 0 aliphatic heterocycles. The molecule has 1 atom stereocenters. The molecule has 0 saturated heterocycles. The molecule has 0 spiro atoms. The summed E-state index contributed by atoms with van der Waals surface area (Å²) in [4.78, 5) is 16.5. The van der Waals surface area contributed by atoms with Gasteiger partial charge in [-0.15, -0.1) is 0 Å². The summed E-state index contributed by atoms with van der Waals surface area (Å²) in [7, 11) is 0. The van der Waals surface area contributed by atoms with E-state index in [-0.39, 0.29) is 18.5 Å². The van der Waals surface area contributed by atoms with Gasteiger partial charge in [-0.3, -0.25) is 4.79 Å². The van der Waals surface area contributed by atoms with Crippen LogP contribution in [0.3, 0.4) is 0 Å². The second-order valence-corrected chi connectivity index (χ2v) is 7.00. The summed E-state index contributed by atoms with van der Waals surface area (Å²) in [5.41, 5.74) is 2.45. The monoisotopic (exact) mass is 383 g/mol. The number of hydrogen-bond acceptors (Lipinski definition) is 4. The van der Waals surface area contributed by atoms with Crippen LogP contribution in [0, 0.1) is 5.92 Å². The van der Waals surface area contributed by atoms with Gasteiger partial charge in [0.1, 0.15) is 12.7 Å². The van der Waals surface area contributed by atoms with Crippen molar-refractivity contribution in [1.29, 1.82) is 0 Å². The average Bonchev–Trinajstić information content (AvgIpc) is 3.17. The molecule has 0 bridgehead atoms. The van der Waals surface area contributed by atoms with Gasteiger partial charge in [0.25, 0.3) is 0 Å². The van der Waals surface area contributed by atoms with Crippen molar-refractivity contribution in [3.8, 4) is 5.69 Å². The molecular formula is C20H22ClN5O. The van der Waals surface area contributed by atoms with Crippen molar-refractivity contribution in [2.75, 3.05) is 11.9 Å². The zero-order valence-corrected chi connectivity index (χ0v) is 16.0. The van der Waals surface area contributed by atoms with Gasteiger partial charge in [0.15, 0.2) is 0 Å². The minimum atomic E-state index is -0.153. The van der Waals surface area contributed by atoms with Gasteiger partial charge in [0.05, 0.1) is 17.9 Å². The number of carbonyl (C=O) groups excluding carboxylic acids is 1. The highest BCUT2D eigenvalue weighted by Gasteiger charge is 2.17. The van der Waals surface area contributed by atoms with Gasteiger partial charge in [-0.05, 0) is 29.7 Å². The van der Waals surface area contributed by atoms with E-state index in [1.165, 1.54) is 6.33 Å². The first-order valence-corrected chi connectivity index (χ1v) is 9.15. The van der Waals surface area contributed by atoms with Crippen LogP contribution in [0.15, 0.2) is 61.2 Å². The number of nitrogens with one attached hydrogen (secondary N) is 2. The molecule has 0 radical (unpaired) electrons. The third-order valence-corrected chi connectivity index (χ3v) is 4.44. The quantitative estimate of drug-likeness (QED) is 0.650. The summed E-state index contributed by atoms with van der Waals surface area (Å²) < 4.78 is 1.58. The molecule has 1 heterocycles. The first-order valence-electron chi connectivity index (χ1n) is 8.77. The van der Waals surface area contributed by atoms with Crippen molar-refractivity contribution in [3.63, 3.8) is 0 Å². The lowest BCUT2D eigenvalue weighted by Gasteiger charge is -2.23. The van der Waals surface area contributed by atoms with Crippen LogP contribution in [0.2, 0.25) is 5.02 Å². The SMILES string of the molecule is CC(C)[C@@H](NCC(=O)Nc1cc(Cl)ccc1-n1cncn1)c1ccccc1. The van der Waals surface area contributed by atoms with Gasteiger partial charge >= 0.3 is 0 Å². The predicted molar refractivity (Wildman–Crippen MR) is 107 cm³/mol. The van der Waals surface area contributed by atoms with Gasteiger partial charge in [0, 0.05) is 11.1 Å². The highest BCUT2D eigenvalue weighted by molar-refractivity contribution is 6.31. The molecule has 1 amide bonds. The van der Waals surface area contributed by atoms with Crippen LogP contribution in [-0.2, 0) is 4.79 Å². The smallest absolute Gasteiger partial charge is 0.238 e. The Hall–Kier alpha value is -2.70. The predicted octanol–water partition coefficient (Wildman–Crippen LogP) is 3.85. The fraction of sp³-hybridized carbons (Fsp3) is 0.250. The molecule has 3 rings (SSSR count). The van der Waals surface area contributed by atoms with Crippen molar-refractivity contribution in [1.82, 2.24) is 20.1 Å². The van der Waals surface area contributed by atoms with Gasteiger partial charge < -0.3 is 10.6 Å². The van der Waals surface area contributed by atoms with Crippen molar-refractivity contribution in [3.05, 3.63) is 71.8 Å². The fourth-order valence-electron chi connectivity index (χ4n) is 2.94. The molecule has 0 fully saturated rings. The molecule has 3 aromatic rings. The molecule has 27 heavy (non-hydrogen) atoms. The molecule has 2 N–H and O–H groups in total. The maximum atomic E-state index is 12.5. The molecule has 140 valence electrons. The second kappa shape index (κ2) is 8.79. The lowest BCUT2D eigenvalue weighted by atomic mass is 9.96. The number of aromatic nitrogens is 3. The number of carbonyl (C=O) groups is 1. The summed E-state index contributed by atoms with van der Waals surface area (Å²) in [5, 5.41) is 10.9. The number of nitrogens with zero attached hydrogens (tertiary/aromatic N) is 3. The zero-order chi connectivity index (χ0) is 19.2. The maximum absolute atomic E-state index is 12.5. The number of anilines is 1. The molecule has 2 aromatic carbocycles. The Kier molecular flexibility index (Phi) is 6.21. The molecule has 1 aromatic heterocycles. The Bertz CT molecular complexity index is 881. The number of amides is 1. The summed E-state index contributed by atoms with van der Waals surface area (Å²) in [6, 6.07) is 15.5. The topological polar surface area (TPSA) is 71.8 Å². The highest BCUT2D eigenvalue weighted by Crippen LogP contribution is 2.24. The van der Waals surface area contributed by atoms with Crippen LogP contribution in [0.25, 0.3) is 5.69 Å². The zero-order valence-electron chi connectivity index (χ0n) is 15.3. The van der Waals surface area contributed by atoms with E-state index >= 15 is 0 Å². The van der Waals surface area contributed by atoms with E-state index in [2.05, 4.69) is 46.7 Å².